The van der Waals surface area contributed by atoms with Gasteiger partial charge < -0.3 is 9.42 Å². The molecule has 3 heterocycles. The summed E-state index contributed by atoms with van der Waals surface area (Å²) in [5.74, 6) is 0.782. The molecule has 1 amide bonds. The van der Waals surface area contributed by atoms with Crippen LogP contribution in [0, 0.1) is 20.8 Å². The summed E-state index contributed by atoms with van der Waals surface area (Å²) in [6.07, 6.45) is 2.18. The summed E-state index contributed by atoms with van der Waals surface area (Å²) >= 11 is 0. The first kappa shape index (κ1) is 15.6. The Bertz CT molecular complexity index is 975. The van der Waals surface area contributed by atoms with Crippen LogP contribution in [0.4, 0.5) is 5.69 Å². The molecule has 4 rings (SSSR count). The molecule has 0 atom stereocenters. The largest absolute Gasteiger partial charge is 0.361 e. The number of fused-ring (bicyclic) bond motifs is 1. The zero-order valence-electron chi connectivity index (χ0n) is 14.5. The lowest BCUT2D eigenvalue weighted by atomic mass is 10.0. The van der Waals surface area contributed by atoms with Crippen LogP contribution in [0.1, 0.15) is 28.3 Å². The fourth-order valence-corrected chi connectivity index (χ4v) is 3.13. The van der Waals surface area contributed by atoms with Crippen molar-refractivity contribution in [3.05, 3.63) is 64.8 Å². The van der Waals surface area contributed by atoms with Gasteiger partial charge in [0.2, 0.25) is 5.91 Å². The van der Waals surface area contributed by atoms with Crippen LogP contribution in [0.2, 0.25) is 0 Å². The second kappa shape index (κ2) is 5.84. The van der Waals surface area contributed by atoms with E-state index in [1.165, 1.54) is 11.1 Å². The maximum absolute atomic E-state index is 12.4. The molecule has 1 aliphatic rings. The summed E-state index contributed by atoms with van der Waals surface area (Å²) in [4.78, 5) is 18.7. The van der Waals surface area contributed by atoms with Gasteiger partial charge in [0.25, 0.3) is 0 Å². The molecule has 0 saturated carbocycles. The normalized spacial score (nSPS) is 13.4. The molecule has 0 radical (unpaired) electrons. The van der Waals surface area contributed by atoms with Gasteiger partial charge >= 0.3 is 0 Å². The topological polar surface area (TPSA) is 59.2 Å². The average molecular weight is 333 g/mol. The van der Waals surface area contributed by atoms with E-state index in [1.54, 1.807) is 4.90 Å². The molecule has 0 bridgehead atoms. The van der Waals surface area contributed by atoms with Crippen molar-refractivity contribution in [3.8, 4) is 11.1 Å². The molecular formula is C20H19N3O2. The molecule has 5 nitrogen and oxygen atoms in total. The Morgan fingerprint density at radius 1 is 1.08 bits per heavy atom. The number of amides is 1. The van der Waals surface area contributed by atoms with Crippen LogP contribution in [-0.2, 0) is 17.8 Å². The van der Waals surface area contributed by atoms with Crippen molar-refractivity contribution >= 4 is 11.6 Å². The monoisotopic (exact) mass is 333 g/mol. The number of benzene rings is 1. The number of hydrogen-bond acceptors (Lipinski definition) is 4. The third-order valence-electron chi connectivity index (χ3n) is 4.69. The SMILES string of the molecule is Cc1cc(CN2C(=O)Cc3ncc(-c4ccc(C)c(C)c4)cc32)no1. The van der Waals surface area contributed by atoms with E-state index in [2.05, 4.69) is 42.2 Å². The van der Waals surface area contributed by atoms with Crippen molar-refractivity contribution in [2.24, 2.45) is 0 Å². The molecule has 0 aliphatic carbocycles. The van der Waals surface area contributed by atoms with E-state index in [0.717, 1.165) is 34.0 Å². The number of aryl methyl sites for hydroxylation is 3. The van der Waals surface area contributed by atoms with Crippen molar-refractivity contribution in [2.75, 3.05) is 4.90 Å². The van der Waals surface area contributed by atoms with Crippen LogP contribution in [0.25, 0.3) is 11.1 Å². The zero-order chi connectivity index (χ0) is 17.6. The minimum absolute atomic E-state index is 0.0420. The smallest absolute Gasteiger partial charge is 0.233 e. The Morgan fingerprint density at radius 2 is 1.92 bits per heavy atom. The van der Waals surface area contributed by atoms with Crippen molar-refractivity contribution in [1.29, 1.82) is 0 Å². The third kappa shape index (κ3) is 2.82. The maximum Gasteiger partial charge on any atom is 0.233 e. The van der Waals surface area contributed by atoms with E-state index in [9.17, 15) is 4.79 Å². The Hall–Kier alpha value is -2.95. The van der Waals surface area contributed by atoms with Crippen LogP contribution in [0.5, 0.6) is 0 Å². The fourth-order valence-electron chi connectivity index (χ4n) is 3.13. The van der Waals surface area contributed by atoms with Gasteiger partial charge in [0.15, 0.2) is 0 Å². The van der Waals surface area contributed by atoms with E-state index in [0.29, 0.717) is 13.0 Å². The van der Waals surface area contributed by atoms with E-state index in [4.69, 9.17) is 4.52 Å². The van der Waals surface area contributed by atoms with Crippen LogP contribution < -0.4 is 4.90 Å². The maximum atomic E-state index is 12.4. The average Bonchev–Trinajstić information content (AvgIpc) is 3.13. The van der Waals surface area contributed by atoms with Crippen LogP contribution in [-0.4, -0.2) is 16.0 Å². The highest BCUT2D eigenvalue weighted by atomic mass is 16.5. The number of aromatic nitrogens is 2. The van der Waals surface area contributed by atoms with Gasteiger partial charge in [-0.2, -0.15) is 0 Å². The molecule has 3 aromatic rings. The van der Waals surface area contributed by atoms with E-state index < -0.39 is 0 Å². The van der Waals surface area contributed by atoms with E-state index in [1.807, 2.05) is 25.3 Å². The quantitative estimate of drug-likeness (QED) is 0.732. The van der Waals surface area contributed by atoms with Crippen molar-refractivity contribution in [1.82, 2.24) is 10.1 Å². The van der Waals surface area contributed by atoms with E-state index >= 15 is 0 Å². The summed E-state index contributed by atoms with van der Waals surface area (Å²) in [7, 11) is 0. The minimum atomic E-state index is 0.0420. The van der Waals surface area contributed by atoms with E-state index in [-0.39, 0.29) is 5.91 Å². The fraction of sp³-hybridized carbons (Fsp3) is 0.250. The highest BCUT2D eigenvalue weighted by Gasteiger charge is 2.29. The molecule has 25 heavy (non-hydrogen) atoms. The Morgan fingerprint density at radius 3 is 2.64 bits per heavy atom. The highest BCUT2D eigenvalue weighted by molar-refractivity contribution is 6.01. The van der Waals surface area contributed by atoms with Crippen LogP contribution in [0.15, 0.2) is 41.1 Å². The summed E-state index contributed by atoms with van der Waals surface area (Å²) in [5.41, 5.74) is 7.04. The molecule has 5 heteroatoms. The molecule has 0 saturated heterocycles. The van der Waals surface area contributed by atoms with Gasteiger partial charge in [-0.15, -0.1) is 0 Å². The number of carbonyl (C=O) groups excluding carboxylic acids is 1. The molecule has 0 N–H and O–H groups in total. The number of hydrogen-bond donors (Lipinski definition) is 0. The number of anilines is 1. The predicted molar refractivity (Wildman–Crippen MR) is 95.3 cm³/mol. The first-order valence-corrected chi connectivity index (χ1v) is 8.30. The number of nitrogens with zero attached hydrogens (tertiary/aromatic N) is 3. The van der Waals surface area contributed by atoms with Crippen molar-refractivity contribution in [3.63, 3.8) is 0 Å². The summed E-state index contributed by atoms with van der Waals surface area (Å²) in [5, 5.41) is 4.00. The molecule has 1 aliphatic heterocycles. The second-order valence-corrected chi connectivity index (χ2v) is 6.57. The molecule has 1 aromatic carbocycles. The molecule has 126 valence electrons. The first-order chi connectivity index (χ1) is 12.0. The lowest BCUT2D eigenvalue weighted by Crippen LogP contribution is -2.26. The van der Waals surface area contributed by atoms with Crippen molar-refractivity contribution < 1.29 is 9.32 Å². The Labute approximate surface area is 146 Å². The first-order valence-electron chi connectivity index (χ1n) is 8.30. The molecular weight excluding hydrogens is 314 g/mol. The van der Waals surface area contributed by atoms with Gasteiger partial charge in [0.05, 0.1) is 24.3 Å². The van der Waals surface area contributed by atoms with Gasteiger partial charge in [-0.25, -0.2) is 0 Å². The highest BCUT2D eigenvalue weighted by Crippen LogP contribution is 2.33. The number of carbonyl (C=O) groups is 1. The molecule has 0 fully saturated rings. The third-order valence-corrected chi connectivity index (χ3v) is 4.69. The van der Waals surface area contributed by atoms with Gasteiger partial charge in [-0.05, 0) is 43.5 Å². The van der Waals surface area contributed by atoms with Gasteiger partial charge in [0.1, 0.15) is 11.5 Å². The van der Waals surface area contributed by atoms with Gasteiger partial charge in [-0.1, -0.05) is 23.4 Å². The van der Waals surface area contributed by atoms with Crippen LogP contribution >= 0.6 is 0 Å². The lowest BCUT2D eigenvalue weighted by Gasteiger charge is -2.16. The molecule has 0 unspecified atom stereocenters. The zero-order valence-corrected chi connectivity index (χ0v) is 14.5. The Balaban J connectivity index is 1.71. The molecule has 2 aromatic heterocycles. The van der Waals surface area contributed by atoms with Gasteiger partial charge in [-0.3, -0.25) is 9.78 Å². The molecule has 0 spiro atoms. The standard InChI is InChI=1S/C20H19N3O2/c1-12-4-5-15(6-13(12)2)16-8-19-18(21-10-16)9-20(24)23(19)11-17-7-14(3)25-22-17/h4-8,10H,9,11H2,1-3H3. The number of pyridine rings is 1. The number of rotatable bonds is 3. The lowest BCUT2D eigenvalue weighted by molar-refractivity contribution is -0.117. The predicted octanol–water partition coefficient (Wildman–Crippen LogP) is 3.75. The van der Waals surface area contributed by atoms with Crippen molar-refractivity contribution in [2.45, 2.75) is 33.7 Å². The summed E-state index contributed by atoms with van der Waals surface area (Å²) in [6.45, 7) is 6.44. The Kier molecular flexibility index (Phi) is 3.64. The summed E-state index contributed by atoms with van der Waals surface area (Å²) in [6, 6.07) is 10.3. The summed E-state index contributed by atoms with van der Waals surface area (Å²) < 4.78 is 5.11. The van der Waals surface area contributed by atoms with Crippen LogP contribution in [0.3, 0.4) is 0 Å². The minimum Gasteiger partial charge on any atom is -0.361 e. The second-order valence-electron chi connectivity index (χ2n) is 6.57. The van der Waals surface area contributed by atoms with Gasteiger partial charge in [0, 0.05) is 17.8 Å².